The minimum Gasteiger partial charge on any atom is -0.462 e. The number of hydrogen-bond donors (Lipinski definition) is 1. The number of phosphoric acid groups is 1. The van der Waals surface area contributed by atoms with Crippen LogP contribution in [0.5, 0.6) is 0 Å². The summed E-state index contributed by atoms with van der Waals surface area (Å²) in [7, 11) is 1.50. The maximum Gasteiger partial charge on any atom is 0.472 e. The van der Waals surface area contributed by atoms with Crippen molar-refractivity contribution in [2.75, 3.05) is 47.5 Å². The zero-order chi connectivity index (χ0) is 66.9. The van der Waals surface area contributed by atoms with Gasteiger partial charge in [0.2, 0.25) is 0 Å². The van der Waals surface area contributed by atoms with E-state index in [2.05, 4.69) is 62.5 Å². The minimum absolute atomic E-state index is 0.0347. The van der Waals surface area contributed by atoms with Gasteiger partial charge in [0.25, 0.3) is 0 Å². The molecule has 2 unspecified atom stereocenters. The highest BCUT2D eigenvalue weighted by molar-refractivity contribution is 7.47. The molecule has 0 aromatic rings. The molecule has 0 fully saturated rings. The number of quaternary nitrogens is 1. The Hall–Kier alpha value is -2.03. The minimum atomic E-state index is -4.39. The molecule has 0 amide bonds. The molecule has 10 heteroatoms. The van der Waals surface area contributed by atoms with Crippen LogP contribution in [0.25, 0.3) is 0 Å². The Morgan fingerprint density at radius 3 is 0.880 bits per heavy atom. The van der Waals surface area contributed by atoms with Crippen LogP contribution in [0.3, 0.4) is 0 Å². The molecular formula is C82H157NO8P+. The number of hydrogen-bond acceptors (Lipinski definition) is 7. The molecule has 0 saturated carbocycles. The second-order valence-electron chi connectivity index (χ2n) is 28.8. The lowest BCUT2D eigenvalue weighted by molar-refractivity contribution is -0.870. The standard InChI is InChI=1S/C82H156NO8P/c1-6-8-10-12-14-16-18-20-22-24-26-28-30-32-34-35-36-37-38-39-40-41-42-43-44-45-46-47-49-51-53-55-57-59-61-63-65-67-69-71-73-75-82(85)91-80(79-90-92(86,87)89-77-76-83(3,4)5)78-88-81(84)74-72-70-68-66-64-62-60-58-56-54-52-50-48-33-31-29-27-25-23-21-19-17-15-13-11-9-7-2/h18,20,24-27,30,32,80H,6-17,19,21-23,28-29,31,33-79H2,1-5H3/p+1/b20-18-,26-24-,27-25-,32-30-. The fourth-order valence-corrected chi connectivity index (χ4v) is 12.9. The molecule has 9 nitrogen and oxygen atoms in total. The van der Waals surface area contributed by atoms with Gasteiger partial charge in [0, 0.05) is 12.8 Å². The summed E-state index contributed by atoms with van der Waals surface area (Å²) in [6.45, 7) is 4.50. The Morgan fingerprint density at radius 1 is 0.337 bits per heavy atom. The molecule has 0 rings (SSSR count). The number of carbonyl (C=O) groups excluding carboxylic acids is 2. The number of rotatable bonds is 76. The molecule has 0 aliphatic rings. The highest BCUT2D eigenvalue weighted by atomic mass is 31.2. The van der Waals surface area contributed by atoms with Crippen molar-refractivity contribution in [1.29, 1.82) is 0 Å². The number of likely N-dealkylation sites (N-methyl/N-ethyl adjacent to an activating group) is 1. The van der Waals surface area contributed by atoms with E-state index in [0.29, 0.717) is 23.9 Å². The molecule has 0 aliphatic carbocycles. The van der Waals surface area contributed by atoms with Crippen molar-refractivity contribution in [3.63, 3.8) is 0 Å². The van der Waals surface area contributed by atoms with Crippen LogP contribution in [-0.2, 0) is 32.7 Å². The molecule has 0 bridgehead atoms. The molecule has 0 saturated heterocycles. The fraction of sp³-hybridized carbons (Fsp3) is 0.878. The van der Waals surface area contributed by atoms with Gasteiger partial charge in [0.15, 0.2) is 6.10 Å². The van der Waals surface area contributed by atoms with E-state index in [4.69, 9.17) is 18.5 Å². The fourth-order valence-electron chi connectivity index (χ4n) is 12.1. The molecule has 2 atom stereocenters. The van der Waals surface area contributed by atoms with E-state index in [0.717, 1.165) is 44.9 Å². The van der Waals surface area contributed by atoms with Gasteiger partial charge in [-0.3, -0.25) is 18.6 Å². The van der Waals surface area contributed by atoms with Crippen LogP contribution in [0.15, 0.2) is 48.6 Å². The maximum atomic E-state index is 12.9. The van der Waals surface area contributed by atoms with E-state index in [1.54, 1.807) is 0 Å². The number of unbranched alkanes of at least 4 members (excludes halogenated alkanes) is 54. The molecular weight excluding hydrogens is 1160 g/mol. The van der Waals surface area contributed by atoms with E-state index in [1.165, 1.54) is 334 Å². The second kappa shape index (κ2) is 73.2. The van der Waals surface area contributed by atoms with Crippen molar-refractivity contribution in [3.05, 3.63) is 48.6 Å². The van der Waals surface area contributed by atoms with Gasteiger partial charge in [0.1, 0.15) is 19.8 Å². The molecule has 0 aliphatic heterocycles. The third-order valence-corrected chi connectivity index (χ3v) is 19.3. The number of phosphoric ester groups is 1. The Morgan fingerprint density at radius 2 is 0.587 bits per heavy atom. The second-order valence-corrected chi connectivity index (χ2v) is 30.3. The Labute approximate surface area is 573 Å². The normalized spacial score (nSPS) is 13.2. The number of carbonyl (C=O) groups is 2. The largest absolute Gasteiger partial charge is 0.472 e. The van der Waals surface area contributed by atoms with E-state index < -0.39 is 26.5 Å². The average Bonchev–Trinajstić information content (AvgIpc) is 2.23. The Bertz CT molecular complexity index is 1690. The summed E-state index contributed by atoms with van der Waals surface area (Å²) in [5.74, 6) is -0.773. The summed E-state index contributed by atoms with van der Waals surface area (Å²) >= 11 is 0. The zero-order valence-electron chi connectivity index (χ0n) is 62.1. The predicted octanol–water partition coefficient (Wildman–Crippen LogP) is 26.7. The van der Waals surface area contributed by atoms with Crippen LogP contribution in [0.4, 0.5) is 0 Å². The first-order valence-corrected chi connectivity index (χ1v) is 41.9. The SMILES string of the molecule is CCCCCCC/C=C\C/C=C\C/C=C\CCCCCCCCCCCCCCCCCCCCCCCCCCCCC(=O)OC(COC(=O)CCCCCCCCCCCCCCCCC/C=C\CCCCCCCCCC)COP(=O)(O)OCC[N+](C)(C)C. The first-order chi connectivity index (χ1) is 45.0. The summed E-state index contributed by atoms with van der Waals surface area (Å²) in [5.41, 5.74) is 0. The summed E-state index contributed by atoms with van der Waals surface area (Å²) in [5, 5.41) is 0. The summed E-state index contributed by atoms with van der Waals surface area (Å²) in [4.78, 5) is 36.0. The van der Waals surface area contributed by atoms with Crippen LogP contribution in [0, 0.1) is 0 Å². The number of allylic oxidation sites excluding steroid dienone is 8. The van der Waals surface area contributed by atoms with E-state index in [9.17, 15) is 19.0 Å². The quantitative estimate of drug-likeness (QED) is 0.0211. The van der Waals surface area contributed by atoms with Gasteiger partial charge in [-0.05, 0) is 77.0 Å². The third kappa shape index (κ3) is 77.0. The highest BCUT2D eigenvalue weighted by Gasteiger charge is 2.27. The van der Waals surface area contributed by atoms with Crippen LogP contribution in [0.2, 0.25) is 0 Å². The van der Waals surface area contributed by atoms with Crippen LogP contribution >= 0.6 is 7.82 Å². The Balaban J connectivity index is 3.89. The molecule has 542 valence electrons. The lowest BCUT2D eigenvalue weighted by Gasteiger charge is -2.24. The van der Waals surface area contributed by atoms with Crippen molar-refractivity contribution >= 4 is 19.8 Å². The third-order valence-electron chi connectivity index (χ3n) is 18.3. The molecule has 0 spiro atoms. The van der Waals surface area contributed by atoms with Crippen molar-refractivity contribution in [3.8, 4) is 0 Å². The molecule has 92 heavy (non-hydrogen) atoms. The van der Waals surface area contributed by atoms with Gasteiger partial charge in [-0.1, -0.05) is 371 Å². The summed E-state index contributed by atoms with van der Waals surface area (Å²) in [6, 6.07) is 0. The Kier molecular flexibility index (Phi) is 71.6. The van der Waals surface area contributed by atoms with E-state index in [1.807, 2.05) is 21.1 Å². The van der Waals surface area contributed by atoms with Gasteiger partial charge >= 0.3 is 19.8 Å². The van der Waals surface area contributed by atoms with Crippen LogP contribution in [0.1, 0.15) is 412 Å². The zero-order valence-corrected chi connectivity index (χ0v) is 63.0. The number of esters is 2. The van der Waals surface area contributed by atoms with Crippen molar-refractivity contribution < 1.29 is 42.1 Å². The molecule has 0 aromatic carbocycles. The predicted molar refractivity (Wildman–Crippen MR) is 400 cm³/mol. The van der Waals surface area contributed by atoms with Gasteiger partial charge < -0.3 is 18.9 Å². The highest BCUT2D eigenvalue weighted by Crippen LogP contribution is 2.43. The van der Waals surface area contributed by atoms with Crippen LogP contribution in [-0.4, -0.2) is 74.9 Å². The number of ether oxygens (including phenoxy) is 2. The first kappa shape index (κ1) is 90.0. The lowest BCUT2D eigenvalue weighted by Crippen LogP contribution is -2.37. The first-order valence-electron chi connectivity index (χ1n) is 40.4. The summed E-state index contributed by atoms with van der Waals surface area (Å²) < 4.78 is 34.8. The van der Waals surface area contributed by atoms with Gasteiger partial charge in [0.05, 0.1) is 27.7 Å². The smallest absolute Gasteiger partial charge is 0.462 e. The number of nitrogens with zero attached hydrogens (tertiary/aromatic N) is 1. The average molecular weight is 1320 g/mol. The van der Waals surface area contributed by atoms with Crippen LogP contribution < -0.4 is 0 Å². The van der Waals surface area contributed by atoms with Gasteiger partial charge in [-0.15, -0.1) is 0 Å². The monoisotopic (exact) mass is 1320 g/mol. The van der Waals surface area contributed by atoms with Gasteiger partial charge in [-0.2, -0.15) is 0 Å². The molecule has 0 heterocycles. The maximum absolute atomic E-state index is 12.9. The van der Waals surface area contributed by atoms with Crippen molar-refractivity contribution in [1.82, 2.24) is 0 Å². The molecule has 0 aromatic heterocycles. The van der Waals surface area contributed by atoms with Crippen molar-refractivity contribution in [2.24, 2.45) is 0 Å². The van der Waals surface area contributed by atoms with E-state index >= 15 is 0 Å². The van der Waals surface area contributed by atoms with Gasteiger partial charge in [-0.25, -0.2) is 4.57 Å². The topological polar surface area (TPSA) is 108 Å². The summed E-state index contributed by atoms with van der Waals surface area (Å²) in [6.07, 6.45) is 97.0. The lowest BCUT2D eigenvalue weighted by atomic mass is 10.0. The molecule has 0 radical (unpaired) electrons. The molecule has 1 N–H and O–H groups in total. The van der Waals surface area contributed by atoms with E-state index in [-0.39, 0.29) is 25.6 Å². The van der Waals surface area contributed by atoms with Crippen molar-refractivity contribution in [2.45, 2.75) is 418 Å².